The molecule has 9 heteroatoms. The molecule has 24 heavy (non-hydrogen) atoms. The van der Waals surface area contributed by atoms with Gasteiger partial charge in [-0.25, -0.2) is 4.98 Å². The van der Waals surface area contributed by atoms with E-state index >= 15 is 0 Å². The molecule has 0 aliphatic carbocycles. The molecule has 3 rings (SSSR count). The average Bonchev–Trinajstić information content (AvgIpc) is 3.05. The Labute approximate surface area is 157 Å². The largest absolute Gasteiger partial charge is 0.366 e. The van der Waals surface area contributed by atoms with Crippen molar-refractivity contribution in [3.05, 3.63) is 34.8 Å². The van der Waals surface area contributed by atoms with Crippen LogP contribution >= 0.6 is 36.2 Å². The third kappa shape index (κ3) is 5.68. The van der Waals surface area contributed by atoms with Crippen LogP contribution in [0.2, 0.25) is 0 Å². The molecule has 0 spiro atoms. The monoisotopic (exact) mass is 390 g/mol. The minimum Gasteiger partial charge on any atom is -0.366 e. The highest BCUT2D eigenvalue weighted by Crippen LogP contribution is 2.19. The molecule has 0 saturated carbocycles. The molecular formula is C15H20Cl2N4O2S. The summed E-state index contributed by atoms with van der Waals surface area (Å²) in [5.41, 5.74) is 1.75. The summed E-state index contributed by atoms with van der Waals surface area (Å²) in [7, 11) is 0. The zero-order valence-electron chi connectivity index (χ0n) is 12.9. The van der Waals surface area contributed by atoms with Crippen LogP contribution in [-0.2, 0) is 16.0 Å². The summed E-state index contributed by atoms with van der Waals surface area (Å²) in [4.78, 5) is 20.7. The zero-order chi connectivity index (χ0) is 15.2. The number of ether oxygens (including phenoxy) is 1. The first-order valence-electron chi connectivity index (χ1n) is 7.29. The van der Waals surface area contributed by atoms with Gasteiger partial charge in [-0.15, -0.1) is 36.2 Å². The minimum atomic E-state index is -0.380. The quantitative estimate of drug-likeness (QED) is 0.812. The highest BCUT2D eigenvalue weighted by Gasteiger charge is 2.21. The lowest BCUT2D eigenvalue weighted by Gasteiger charge is -2.22. The van der Waals surface area contributed by atoms with Crippen LogP contribution in [0.15, 0.2) is 29.8 Å². The Bertz CT molecular complexity index is 621. The molecule has 2 aromatic rings. The van der Waals surface area contributed by atoms with Crippen molar-refractivity contribution in [2.24, 2.45) is 0 Å². The van der Waals surface area contributed by atoms with Gasteiger partial charge in [0.25, 0.3) is 0 Å². The van der Waals surface area contributed by atoms with Gasteiger partial charge in [0.15, 0.2) is 0 Å². The van der Waals surface area contributed by atoms with Crippen LogP contribution in [0.1, 0.15) is 5.01 Å². The van der Waals surface area contributed by atoms with Gasteiger partial charge < -0.3 is 15.4 Å². The Kier molecular flexibility index (Phi) is 9.17. The van der Waals surface area contributed by atoms with Crippen molar-refractivity contribution in [3.8, 4) is 11.4 Å². The average molecular weight is 391 g/mol. The van der Waals surface area contributed by atoms with E-state index in [1.807, 2.05) is 23.6 Å². The second kappa shape index (κ2) is 10.6. The van der Waals surface area contributed by atoms with Crippen molar-refractivity contribution in [1.29, 1.82) is 0 Å². The van der Waals surface area contributed by atoms with Gasteiger partial charge in [0, 0.05) is 37.6 Å². The summed E-state index contributed by atoms with van der Waals surface area (Å²) < 4.78 is 5.41. The number of aromatic nitrogens is 2. The number of nitrogens with one attached hydrogen (secondary N) is 2. The smallest absolute Gasteiger partial charge is 0.250 e. The first kappa shape index (κ1) is 20.8. The normalized spacial score (nSPS) is 16.6. The van der Waals surface area contributed by atoms with E-state index in [9.17, 15) is 4.79 Å². The van der Waals surface area contributed by atoms with Crippen LogP contribution in [0.5, 0.6) is 0 Å². The van der Waals surface area contributed by atoms with E-state index < -0.39 is 0 Å². The summed E-state index contributed by atoms with van der Waals surface area (Å²) in [5.74, 6) is -0.0614. The summed E-state index contributed by atoms with van der Waals surface area (Å²) >= 11 is 1.59. The molecule has 1 aliphatic heterocycles. The van der Waals surface area contributed by atoms with E-state index in [4.69, 9.17) is 4.74 Å². The maximum absolute atomic E-state index is 11.9. The summed E-state index contributed by atoms with van der Waals surface area (Å²) in [6, 6.07) is 5.77. The molecule has 1 aliphatic rings. The van der Waals surface area contributed by atoms with Crippen molar-refractivity contribution < 1.29 is 9.53 Å². The molecule has 1 unspecified atom stereocenters. The zero-order valence-corrected chi connectivity index (χ0v) is 15.4. The van der Waals surface area contributed by atoms with Gasteiger partial charge in [-0.1, -0.05) is 6.07 Å². The number of hydrogen-bond donors (Lipinski definition) is 2. The Morgan fingerprint density at radius 3 is 2.96 bits per heavy atom. The van der Waals surface area contributed by atoms with Crippen LogP contribution in [0, 0.1) is 0 Å². The van der Waals surface area contributed by atoms with Crippen molar-refractivity contribution in [2.45, 2.75) is 12.5 Å². The Morgan fingerprint density at radius 1 is 1.38 bits per heavy atom. The first-order valence-corrected chi connectivity index (χ1v) is 8.17. The highest BCUT2D eigenvalue weighted by atomic mass is 35.5. The second-order valence-electron chi connectivity index (χ2n) is 4.95. The van der Waals surface area contributed by atoms with Crippen molar-refractivity contribution >= 4 is 42.1 Å². The van der Waals surface area contributed by atoms with Crippen LogP contribution < -0.4 is 10.6 Å². The van der Waals surface area contributed by atoms with E-state index in [0.717, 1.165) is 22.9 Å². The third-order valence-corrected chi connectivity index (χ3v) is 4.25. The van der Waals surface area contributed by atoms with Gasteiger partial charge in [-0.05, 0) is 12.1 Å². The maximum atomic E-state index is 11.9. The van der Waals surface area contributed by atoms with Crippen LogP contribution in [-0.4, -0.2) is 48.2 Å². The molecule has 1 saturated heterocycles. The first-order chi connectivity index (χ1) is 10.8. The number of nitrogens with zero attached hydrogens (tertiary/aromatic N) is 2. The second-order valence-corrected chi connectivity index (χ2v) is 5.89. The fraction of sp³-hybridized carbons (Fsp3) is 0.400. The van der Waals surface area contributed by atoms with Gasteiger partial charge in [-0.2, -0.15) is 0 Å². The molecule has 2 N–H and O–H groups in total. The van der Waals surface area contributed by atoms with Crippen LogP contribution in [0.25, 0.3) is 11.4 Å². The molecule has 0 bridgehead atoms. The van der Waals surface area contributed by atoms with Gasteiger partial charge >= 0.3 is 0 Å². The molecule has 0 aromatic carbocycles. The standard InChI is InChI=1S/C15H18N4O2S.2ClH/c20-15(13-9-16-7-8-21-13)18-6-4-14-19-12(10-22-14)11-3-1-2-5-17-11;;/h1-3,5,10,13,16H,4,6-9H2,(H,18,20);2*1H. The number of thiazole rings is 1. The lowest BCUT2D eigenvalue weighted by Crippen LogP contribution is -2.48. The topological polar surface area (TPSA) is 76.1 Å². The van der Waals surface area contributed by atoms with Crippen LogP contribution in [0.3, 0.4) is 0 Å². The Balaban J connectivity index is 0.00000144. The van der Waals surface area contributed by atoms with Gasteiger partial charge in [0.1, 0.15) is 6.10 Å². The molecule has 1 amide bonds. The fourth-order valence-electron chi connectivity index (χ4n) is 2.20. The predicted octanol–water partition coefficient (Wildman–Crippen LogP) is 1.70. The van der Waals surface area contributed by atoms with Gasteiger partial charge in [0.05, 0.1) is 23.0 Å². The molecule has 1 atom stereocenters. The van der Waals surface area contributed by atoms with E-state index in [1.54, 1.807) is 17.5 Å². The van der Waals surface area contributed by atoms with Crippen molar-refractivity contribution in [3.63, 3.8) is 0 Å². The Hall–Kier alpha value is -1.25. The lowest BCUT2D eigenvalue weighted by atomic mass is 10.3. The number of halogens is 2. The van der Waals surface area contributed by atoms with Crippen molar-refractivity contribution in [1.82, 2.24) is 20.6 Å². The molecule has 132 valence electrons. The predicted molar refractivity (Wildman–Crippen MR) is 99.2 cm³/mol. The summed E-state index contributed by atoms with van der Waals surface area (Å²) in [5, 5.41) is 9.02. The van der Waals surface area contributed by atoms with E-state index in [-0.39, 0.29) is 36.8 Å². The fourth-order valence-corrected chi connectivity index (χ4v) is 2.99. The van der Waals surface area contributed by atoms with Crippen molar-refractivity contribution in [2.75, 3.05) is 26.2 Å². The number of carbonyl (C=O) groups excluding carboxylic acids is 1. The number of rotatable bonds is 5. The van der Waals surface area contributed by atoms with E-state index in [1.165, 1.54) is 0 Å². The van der Waals surface area contributed by atoms with E-state index in [0.29, 0.717) is 26.1 Å². The maximum Gasteiger partial charge on any atom is 0.250 e. The molecule has 0 radical (unpaired) electrons. The van der Waals surface area contributed by atoms with Gasteiger partial charge in [0.2, 0.25) is 5.91 Å². The molecule has 6 nitrogen and oxygen atoms in total. The number of morpholine rings is 1. The number of hydrogen-bond acceptors (Lipinski definition) is 6. The van der Waals surface area contributed by atoms with Gasteiger partial charge in [-0.3, -0.25) is 9.78 Å². The molecular weight excluding hydrogens is 371 g/mol. The number of carbonyl (C=O) groups is 1. The Morgan fingerprint density at radius 2 is 2.25 bits per heavy atom. The molecule has 2 aromatic heterocycles. The number of amides is 1. The molecule has 1 fully saturated rings. The summed E-state index contributed by atoms with van der Waals surface area (Å²) in [6.07, 6.45) is 2.09. The summed E-state index contributed by atoms with van der Waals surface area (Å²) in [6.45, 7) is 2.53. The highest BCUT2D eigenvalue weighted by molar-refractivity contribution is 7.09. The SMILES string of the molecule is Cl.Cl.O=C(NCCc1nc(-c2ccccn2)cs1)C1CNCCO1. The number of pyridine rings is 1. The van der Waals surface area contributed by atoms with E-state index in [2.05, 4.69) is 20.6 Å². The lowest BCUT2D eigenvalue weighted by molar-refractivity contribution is -0.134. The molecule has 3 heterocycles. The van der Waals surface area contributed by atoms with Crippen LogP contribution in [0.4, 0.5) is 0 Å². The third-order valence-electron chi connectivity index (χ3n) is 3.34. The minimum absolute atomic E-state index is 0.